The number of carbonyl (C=O) groups is 1. The van der Waals surface area contributed by atoms with Crippen LogP contribution in [0, 0.1) is 0 Å². The van der Waals surface area contributed by atoms with Crippen molar-refractivity contribution in [1.29, 1.82) is 0 Å². The number of benzene rings is 1. The molecule has 0 fully saturated rings. The lowest BCUT2D eigenvalue weighted by Crippen LogP contribution is -2.27. The van der Waals surface area contributed by atoms with E-state index in [9.17, 15) is 4.79 Å². The van der Waals surface area contributed by atoms with Gasteiger partial charge in [0.2, 0.25) is 5.91 Å². The summed E-state index contributed by atoms with van der Waals surface area (Å²) < 4.78 is 1.18. The molecule has 0 bridgehead atoms. The second-order valence-electron chi connectivity index (χ2n) is 5.17. The molecule has 2 aromatic rings. The molecule has 0 aliphatic carbocycles. The van der Waals surface area contributed by atoms with Crippen molar-refractivity contribution in [1.82, 2.24) is 9.88 Å². The summed E-state index contributed by atoms with van der Waals surface area (Å²) in [5.41, 5.74) is 1.02. The monoisotopic (exact) mass is 306 g/mol. The number of hydrogen-bond acceptors (Lipinski definition) is 4. The van der Waals surface area contributed by atoms with E-state index in [4.69, 9.17) is 5.11 Å². The maximum Gasteiger partial charge on any atom is 0.222 e. The van der Waals surface area contributed by atoms with Crippen molar-refractivity contribution in [3.8, 4) is 0 Å². The highest BCUT2D eigenvalue weighted by Gasteiger charge is 2.10. The van der Waals surface area contributed by atoms with Gasteiger partial charge in [-0.3, -0.25) is 4.79 Å². The number of thiazole rings is 1. The molecule has 0 aliphatic rings. The summed E-state index contributed by atoms with van der Waals surface area (Å²) in [5.74, 6) is 0.165. The van der Waals surface area contributed by atoms with Crippen LogP contribution in [-0.4, -0.2) is 41.1 Å². The molecule has 0 spiro atoms. The predicted octanol–water partition coefficient (Wildman–Crippen LogP) is 2.85. The molecule has 114 valence electrons. The van der Waals surface area contributed by atoms with Crippen molar-refractivity contribution >= 4 is 27.5 Å². The number of amides is 1. The zero-order chi connectivity index (χ0) is 15.1. The van der Waals surface area contributed by atoms with E-state index in [0.717, 1.165) is 36.3 Å². The molecule has 0 atom stereocenters. The minimum absolute atomic E-state index is 0.165. The Labute approximate surface area is 129 Å². The van der Waals surface area contributed by atoms with E-state index in [0.29, 0.717) is 12.8 Å². The van der Waals surface area contributed by atoms with E-state index in [-0.39, 0.29) is 12.5 Å². The Bertz CT molecular complexity index is 549. The van der Waals surface area contributed by atoms with Gasteiger partial charge in [-0.2, -0.15) is 0 Å². The number of aliphatic hydroxyl groups excluding tert-OH is 1. The highest BCUT2D eigenvalue weighted by Crippen LogP contribution is 2.22. The summed E-state index contributed by atoms with van der Waals surface area (Å²) in [4.78, 5) is 18.4. The molecule has 5 heteroatoms. The van der Waals surface area contributed by atoms with Gasteiger partial charge in [0.1, 0.15) is 0 Å². The molecule has 0 saturated carbocycles. The molecule has 0 aliphatic heterocycles. The number of aliphatic hydroxyl groups is 1. The van der Waals surface area contributed by atoms with Crippen LogP contribution in [0.2, 0.25) is 0 Å². The quantitative estimate of drug-likeness (QED) is 0.763. The number of aromatic nitrogens is 1. The van der Waals surface area contributed by atoms with Crippen LogP contribution in [0.3, 0.4) is 0 Å². The minimum Gasteiger partial charge on any atom is -0.396 e. The molecule has 0 saturated heterocycles. The average Bonchev–Trinajstić information content (AvgIpc) is 2.91. The first-order chi connectivity index (χ1) is 10.2. The number of nitrogens with zero attached hydrogens (tertiary/aromatic N) is 2. The molecule has 1 N–H and O–H groups in total. The van der Waals surface area contributed by atoms with Gasteiger partial charge in [-0.15, -0.1) is 11.3 Å². The summed E-state index contributed by atoms with van der Waals surface area (Å²) >= 11 is 1.67. The Balaban J connectivity index is 1.77. The summed E-state index contributed by atoms with van der Waals surface area (Å²) in [6.07, 6.45) is 3.94. The Morgan fingerprint density at radius 1 is 1.29 bits per heavy atom. The fourth-order valence-corrected chi connectivity index (χ4v) is 3.16. The van der Waals surface area contributed by atoms with Crippen LogP contribution in [-0.2, 0) is 11.2 Å². The Morgan fingerprint density at radius 3 is 2.86 bits per heavy atom. The maximum absolute atomic E-state index is 12.0. The first kappa shape index (κ1) is 15.9. The molecule has 1 amide bonds. The largest absolute Gasteiger partial charge is 0.396 e. The Kier molecular flexibility index (Phi) is 6.14. The van der Waals surface area contributed by atoms with E-state index in [1.165, 1.54) is 4.70 Å². The van der Waals surface area contributed by atoms with E-state index in [2.05, 4.69) is 11.1 Å². The third kappa shape index (κ3) is 4.79. The first-order valence-electron chi connectivity index (χ1n) is 7.40. The van der Waals surface area contributed by atoms with Crippen molar-refractivity contribution < 1.29 is 9.90 Å². The molecule has 0 radical (unpaired) electrons. The van der Waals surface area contributed by atoms with Gasteiger partial charge in [0.25, 0.3) is 0 Å². The van der Waals surface area contributed by atoms with Crippen LogP contribution < -0.4 is 0 Å². The van der Waals surface area contributed by atoms with Gasteiger partial charge in [-0.25, -0.2) is 4.98 Å². The second kappa shape index (κ2) is 8.10. The number of rotatable bonds is 8. The number of fused-ring (bicyclic) bond motifs is 1. The van der Waals surface area contributed by atoms with Crippen molar-refractivity contribution in [2.24, 2.45) is 0 Å². The third-order valence-electron chi connectivity index (χ3n) is 3.47. The van der Waals surface area contributed by atoms with Gasteiger partial charge in [-0.05, 0) is 31.4 Å². The van der Waals surface area contributed by atoms with E-state index in [1.807, 2.05) is 25.2 Å². The fourth-order valence-electron chi connectivity index (χ4n) is 2.19. The minimum atomic E-state index is 0.165. The van der Waals surface area contributed by atoms with Gasteiger partial charge < -0.3 is 10.0 Å². The molecule has 1 aromatic heterocycles. The molecule has 1 heterocycles. The number of aryl methyl sites for hydroxylation is 1. The molecular formula is C16H22N2O2S. The Hall–Kier alpha value is -1.46. The van der Waals surface area contributed by atoms with Crippen molar-refractivity contribution in [3.63, 3.8) is 0 Å². The molecule has 1 aromatic carbocycles. The lowest BCUT2D eigenvalue weighted by molar-refractivity contribution is -0.129. The van der Waals surface area contributed by atoms with Crippen molar-refractivity contribution in [2.45, 2.75) is 32.1 Å². The highest BCUT2D eigenvalue weighted by atomic mass is 32.1. The van der Waals surface area contributed by atoms with Crippen LogP contribution >= 0.6 is 11.3 Å². The molecule has 4 nitrogen and oxygen atoms in total. The van der Waals surface area contributed by atoms with Crippen molar-refractivity contribution in [3.05, 3.63) is 29.3 Å². The number of carbonyl (C=O) groups excluding carboxylic acids is 1. The van der Waals surface area contributed by atoms with Gasteiger partial charge >= 0.3 is 0 Å². The van der Waals surface area contributed by atoms with Crippen LogP contribution in [0.4, 0.5) is 0 Å². The lowest BCUT2D eigenvalue weighted by Gasteiger charge is -2.16. The highest BCUT2D eigenvalue weighted by molar-refractivity contribution is 7.18. The number of unbranched alkanes of at least 4 members (excludes halogenated alkanes) is 2. The average molecular weight is 306 g/mol. The molecule has 21 heavy (non-hydrogen) atoms. The standard InChI is InChI=1S/C16H22N2O2S/c1-18(11-5-2-6-12-19)16(20)10-9-15-17-13-7-3-4-8-14(13)21-15/h3-4,7-8,19H,2,5-6,9-12H2,1H3. The molecule has 0 unspecified atom stereocenters. The smallest absolute Gasteiger partial charge is 0.222 e. The van der Waals surface area contributed by atoms with E-state index >= 15 is 0 Å². The number of para-hydroxylation sites is 1. The van der Waals surface area contributed by atoms with Crippen molar-refractivity contribution in [2.75, 3.05) is 20.2 Å². The Morgan fingerprint density at radius 2 is 2.10 bits per heavy atom. The maximum atomic E-state index is 12.0. The third-order valence-corrected chi connectivity index (χ3v) is 4.56. The molecule has 2 rings (SSSR count). The van der Waals surface area contributed by atoms with Crippen LogP contribution in [0.25, 0.3) is 10.2 Å². The van der Waals surface area contributed by atoms with E-state index < -0.39 is 0 Å². The molecular weight excluding hydrogens is 284 g/mol. The summed E-state index contributed by atoms with van der Waals surface area (Å²) in [5, 5.41) is 9.75. The topological polar surface area (TPSA) is 53.4 Å². The zero-order valence-corrected chi connectivity index (χ0v) is 13.2. The van der Waals surface area contributed by atoms with Gasteiger partial charge in [0.15, 0.2) is 0 Å². The first-order valence-corrected chi connectivity index (χ1v) is 8.21. The second-order valence-corrected chi connectivity index (χ2v) is 6.29. The predicted molar refractivity (Wildman–Crippen MR) is 86.5 cm³/mol. The summed E-state index contributed by atoms with van der Waals surface area (Å²) in [6.45, 7) is 0.994. The fraction of sp³-hybridized carbons (Fsp3) is 0.500. The summed E-state index contributed by atoms with van der Waals surface area (Å²) in [6, 6.07) is 8.06. The zero-order valence-electron chi connectivity index (χ0n) is 12.4. The normalized spacial score (nSPS) is 11.0. The summed E-state index contributed by atoms with van der Waals surface area (Å²) in [7, 11) is 1.85. The van der Waals surface area contributed by atoms with Gasteiger partial charge in [-0.1, -0.05) is 12.1 Å². The SMILES string of the molecule is CN(CCCCCO)C(=O)CCc1nc2ccccc2s1. The van der Waals surface area contributed by atoms with Crippen LogP contribution in [0.15, 0.2) is 24.3 Å². The number of hydrogen-bond donors (Lipinski definition) is 1. The lowest BCUT2D eigenvalue weighted by atomic mass is 10.2. The van der Waals surface area contributed by atoms with Crippen LogP contribution in [0.1, 0.15) is 30.7 Å². The van der Waals surface area contributed by atoms with E-state index in [1.54, 1.807) is 16.2 Å². The van der Waals surface area contributed by atoms with Gasteiger partial charge in [0.05, 0.1) is 15.2 Å². The van der Waals surface area contributed by atoms with Gasteiger partial charge in [0, 0.05) is 33.0 Å². The van der Waals surface area contributed by atoms with Crippen LogP contribution in [0.5, 0.6) is 0 Å².